The number of rotatable bonds is 1. The van der Waals surface area contributed by atoms with E-state index in [2.05, 4.69) is 34.5 Å². The van der Waals surface area contributed by atoms with Crippen LogP contribution in [0.1, 0.15) is 55.7 Å². The Morgan fingerprint density at radius 3 is 2.90 bits per heavy atom. The molecule has 0 aromatic heterocycles. The molecular weight excluding hydrogens is 256 g/mol. The van der Waals surface area contributed by atoms with Gasteiger partial charge in [0.05, 0.1) is 0 Å². The van der Waals surface area contributed by atoms with E-state index in [0.717, 1.165) is 0 Å². The lowest BCUT2D eigenvalue weighted by Crippen LogP contribution is -2.52. The lowest BCUT2D eigenvalue weighted by atomic mass is 9.73. The van der Waals surface area contributed by atoms with Crippen molar-refractivity contribution in [2.75, 3.05) is 26.2 Å². The number of piperidine rings is 2. The van der Waals surface area contributed by atoms with Crippen LogP contribution in [0.15, 0.2) is 24.3 Å². The Morgan fingerprint density at radius 2 is 2.00 bits per heavy atom. The summed E-state index contributed by atoms with van der Waals surface area (Å²) in [4.78, 5) is 2.83. The minimum atomic E-state index is 0.572. The van der Waals surface area contributed by atoms with Gasteiger partial charge in [-0.25, -0.2) is 0 Å². The first-order valence-corrected chi connectivity index (χ1v) is 8.89. The molecule has 0 radical (unpaired) electrons. The van der Waals surface area contributed by atoms with Crippen LogP contribution in [0.3, 0.4) is 0 Å². The Morgan fingerprint density at radius 1 is 1.10 bits per heavy atom. The Balaban J connectivity index is 1.56. The van der Waals surface area contributed by atoms with Crippen LogP contribution in [0, 0.1) is 5.41 Å². The lowest BCUT2D eigenvalue weighted by Gasteiger charge is -2.49. The predicted octanol–water partition coefficient (Wildman–Crippen LogP) is 3.53. The van der Waals surface area contributed by atoms with Gasteiger partial charge < -0.3 is 5.32 Å². The van der Waals surface area contributed by atoms with Gasteiger partial charge in [-0.15, -0.1) is 0 Å². The van der Waals surface area contributed by atoms with E-state index in [1.807, 2.05) is 0 Å². The smallest absolute Gasteiger partial charge is 0.0351 e. The van der Waals surface area contributed by atoms with E-state index in [1.54, 1.807) is 11.1 Å². The summed E-state index contributed by atoms with van der Waals surface area (Å²) >= 11 is 0. The zero-order chi connectivity index (χ0) is 14.1. The standard InChI is InChI=1S/C19H28N2/c1-2-8-17-16(6-1)7-3-9-18(17)21-13-5-11-19(15-21)10-4-12-20-14-19/h1-2,6,8,18,20H,3-5,7,9-15H2. The quantitative estimate of drug-likeness (QED) is 0.848. The third-order valence-corrected chi connectivity index (χ3v) is 6.03. The zero-order valence-corrected chi connectivity index (χ0v) is 13.1. The van der Waals surface area contributed by atoms with Crippen LogP contribution >= 0.6 is 0 Å². The minimum Gasteiger partial charge on any atom is -0.316 e. The van der Waals surface area contributed by atoms with Gasteiger partial charge >= 0.3 is 0 Å². The molecule has 2 heterocycles. The fraction of sp³-hybridized carbons (Fsp3) is 0.684. The molecule has 2 fully saturated rings. The monoisotopic (exact) mass is 284 g/mol. The highest BCUT2D eigenvalue weighted by Gasteiger charge is 2.39. The van der Waals surface area contributed by atoms with Crippen LogP contribution in [-0.4, -0.2) is 31.1 Å². The van der Waals surface area contributed by atoms with Crippen LogP contribution in [0.25, 0.3) is 0 Å². The van der Waals surface area contributed by atoms with Gasteiger partial charge in [0.1, 0.15) is 0 Å². The second kappa shape index (κ2) is 5.73. The molecule has 1 aliphatic carbocycles. The zero-order valence-electron chi connectivity index (χ0n) is 13.1. The van der Waals surface area contributed by atoms with Crippen molar-refractivity contribution < 1.29 is 0 Å². The molecule has 2 nitrogen and oxygen atoms in total. The SMILES string of the molecule is c1ccc2c(c1)CCCC2N1CCCC2(CCCNC2)C1. The van der Waals surface area contributed by atoms with Crippen molar-refractivity contribution in [1.29, 1.82) is 0 Å². The van der Waals surface area contributed by atoms with Crippen molar-refractivity contribution in [2.45, 2.75) is 51.0 Å². The van der Waals surface area contributed by atoms with E-state index >= 15 is 0 Å². The van der Waals surface area contributed by atoms with Crippen molar-refractivity contribution in [1.82, 2.24) is 10.2 Å². The fourth-order valence-corrected chi connectivity index (χ4v) is 5.00. The van der Waals surface area contributed by atoms with Crippen LogP contribution in [0.2, 0.25) is 0 Å². The average molecular weight is 284 g/mol. The van der Waals surface area contributed by atoms with Gasteiger partial charge in [-0.2, -0.15) is 0 Å². The third-order valence-electron chi connectivity index (χ3n) is 6.03. The summed E-state index contributed by atoms with van der Waals surface area (Å²) in [6, 6.07) is 9.88. The van der Waals surface area contributed by atoms with Gasteiger partial charge in [-0.1, -0.05) is 24.3 Å². The van der Waals surface area contributed by atoms with Gasteiger partial charge in [0.2, 0.25) is 0 Å². The van der Waals surface area contributed by atoms with Crippen molar-refractivity contribution in [3.8, 4) is 0 Å². The summed E-state index contributed by atoms with van der Waals surface area (Å²) in [5.41, 5.74) is 3.81. The van der Waals surface area contributed by atoms with Gasteiger partial charge in [-0.05, 0) is 74.6 Å². The van der Waals surface area contributed by atoms with Gasteiger partial charge in [0.15, 0.2) is 0 Å². The Kier molecular flexibility index (Phi) is 3.76. The van der Waals surface area contributed by atoms with Crippen LogP contribution in [0.5, 0.6) is 0 Å². The maximum atomic E-state index is 3.66. The number of nitrogens with zero attached hydrogens (tertiary/aromatic N) is 1. The molecule has 0 saturated carbocycles. The molecule has 2 heteroatoms. The van der Waals surface area contributed by atoms with E-state index in [0.29, 0.717) is 11.5 Å². The molecule has 2 unspecified atom stereocenters. The highest BCUT2D eigenvalue weighted by molar-refractivity contribution is 5.32. The summed E-state index contributed by atoms with van der Waals surface area (Å²) < 4.78 is 0. The number of hydrogen-bond donors (Lipinski definition) is 1. The Labute approximate surface area is 128 Å². The molecule has 2 aliphatic heterocycles. The number of aryl methyl sites for hydroxylation is 1. The number of fused-ring (bicyclic) bond motifs is 1. The van der Waals surface area contributed by atoms with E-state index in [-0.39, 0.29) is 0 Å². The first kappa shape index (κ1) is 13.8. The number of nitrogens with one attached hydrogen (secondary N) is 1. The Bertz CT molecular complexity index is 485. The van der Waals surface area contributed by atoms with Gasteiger partial charge in [0.25, 0.3) is 0 Å². The molecule has 1 aromatic rings. The van der Waals surface area contributed by atoms with Crippen LogP contribution < -0.4 is 5.32 Å². The van der Waals surface area contributed by atoms with E-state index < -0.39 is 0 Å². The van der Waals surface area contributed by atoms with Gasteiger partial charge in [-0.3, -0.25) is 4.90 Å². The summed E-state index contributed by atoms with van der Waals surface area (Å²) in [6.07, 6.45) is 9.64. The molecule has 0 bridgehead atoms. The maximum absolute atomic E-state index is 3.66. The van der Waals surface area contributed by atoms with Crippen molar-refractivity contribution >= 4 is 0 Å². The fourth-order valence-electron chi connectivity index (χ4n) is 5.00. The highest BCUT2D eigenvalue weighted by Crippen LogP contribution is 2.42. The second-order valence-corrected chi connectivity index (χ2v) is 7.46. The maximum Gasteiger partial charge on any atom is 0.0351 e. The van der Waals surface area contributed by atoms with Crippen molar-refractivity contribution in [3.05, 3.63) is 35.4 Å². The third kappa shape index (κ3) is 2.64. The summed E-state index contributed by atoms with van der Waals surface area (Å²) in [5, 5.41) is 3.66. The highest BCUT2D eigenvalue weighted by atomic mass is 15.2. The predicted molar refractivity (Wildman–Crippen MR) is 87.5 cm³/mol. The Hall–Kier alpha value is -0.860. The molecule has 2 atom stereocenters. The lowest BCUT2D eigenvalue weighted by molar-refractivity contribution is 0.0318. The number of hydrogen-bond acceptors (Lipinski definition) is 2. The van der Waals surface area contributed by atoms with Crippen LogP contribution in [-0.2, 0) is 6.42 Å². The molecule has 4 rings (SSSR count). The summed E-state index contributed by atoms with van der Waals surface area (Å²) in [6.45, 7) is 5.10. The average Bonchev–Trinajstić information content (AvgIpc) is 2.55. The molecule has 0 amide bonds. The molecular formula is C19H28N2. The largest absolute Gasteiger partial charge is 0.316 e. The summed E-state index contributed by atoms with van der Waals surface area (Å²) in [5.74, 6) is 0. The molecule has 114 valence electrons. The summed E-state index contributed by atoms with van der Waals surface area (Å²) in [7, 11) is 0. The molecule has 1 N–H and O–H groups in total. The van der Waals surface area contributed by atoms with E-state index in [1.165, 1.54) is 71.1 Å². The molecule has 21 heavy (non-hydrogen) atoms. The number of likely N-dealkylation sites (tertiary alicyclic amines) is 1. The molecule has 2 saturated heterocycles. The molecule has 1 aromatic carbocycles. The van der Waals surface area contributed by atoms with Crippen molar-refractivity contribution in [2.24, 2.45) is 5.41 Å². The van der Waals surface area contributed by atoms with E-state index in [9.17, 15) is 0 Å². The number of benzene rings is 1. The normalized spacial score (nSPS) is 33.8. The first-order valence-electron chi connectivity index (χ1n) is 8.89. The van der Waals surface area contributed by atoms with Crippen LogP contribution in [0.4, 0.5) is 0 Å². The minimum absolute atomic E-state index is 0.572. The molecule has 1 spiro atoms. The first-order chi connectivity index (χ1) is 10.4. The van der Waals surface area contributed by atoms with E-state index in [4.69, 9.17) is 0 Å². The second-order valence-electron chi connectivity index (χ2n) is 7.46. The molecule has 3 aliphatic rings. The van der Waals surface area contributed by atoms with Crippen molar-refractivity contribution in [3.63, 3.8) is 0 Å². The topological polar surface area (TPSA) is 15.3 Å². The van der Waals surface area contributed by atoms with Gasteiger partial charge in [0, 0.05) is 19.1 Å².